The van der Waals surface area contributed by atoms with E-state index < -0.39 is 0 Å². The van der Waals surface area contributed by atoms with Gasteiger partial charge in [0.15, 0.2) is 0 Å². The predicted molar refractivity (Wildman–Crippen MR) is 77.8 cm³/mol. The maximum atomic E-state index is 6.07. The number of thiophene rings is 1. The molecule has 0 bridgehead atoms. The molecule has 16 heavy (non-hydrogen) atoms. The molecule has 0 aliphatic rings. The second-order valence-corrected chi connectivity index (χ2v) is 7.39. The SMILES string of the molecule is CCCNCCC(C)(C)c1cc(Cl)c(Br)s1. The Hall–Kier alpha value is 0.430. The summed E-state index contributed by atoms with van der Waals surface area (Å²) in [6, 6.07) is 2.08. The van der Waals surface area contributed by atoms with Gasteiger partial charge < -0.3 is 5.32 Å². The van der Waals surface area contributed by atoms with E-state index in [0.29, 0.717) is 0 Å². The molecule has 1 aromatic rings. The van der Waals surface area contributed by atoms with Crippen molar-refractivity contribution in [1.82, 2.24) is 5.32 Å². The predicted octanol–water partition coefficient (Wildman–Crippen LogP) is 4.83. The van der Waals surface area contributed by atoms with E-state index in [1.807, 2.05) is 0 Å². The average molecular weight is 325 g/mol. The van der Waals surface area contributed by atoms with Crippen LogP contribution < -0.4 is 5.32 Å². The first-order valence-corrected chi connectivity index (χ1v) is 7.62. The van der Waals surface area contributed by atoms with E-state index in [1.54, 1.807) is 11.3 Å². The van der Waals surface area contributed by atoms with E-state index in [0.717, 1.165) is 28.3 Å². The molecular formula is C12H19BrClNS. The zero-order chi connectivity index (χ0) is 12.2. The molecule has 0 saturated carbocycles. The number of hydrogen-bond acceptors (Lipinski definition) is 2. The molecule has 92 valence electrons. The van der Waals surface area contributed by atoms with Crippen LogP contribution in [-0.2, 0) is 5.41 Å². The lowest BCUT2D eigenvalue weighted by molar-refractivity contribution is 0.465. The molecule has 0 fully saturated rings. The molecule has 0 aliphatic heterocycles. The maximum absolute atomic E-state index is 6.07. The quantitative estimate of drug-likeness (QED) is 0.739. The van der Waals surface area contributed by atoms with Gasteiger partial charge in [0, 0.05) is 10.3 Å². The van der Waals surface area contributed by atoms with E-state index in [9.17, 15) is 0 Å². The van der Waals surface area contributed by atoms with Crippen molar-refractivity contribution < 1.29 is 0 Å². The van der Waals surface area contributed by atoms with Crippen LogP contribution in [0.25, 0.3) is 0 Å². The van der Waals surface area contributed by atoms with Gasteiger partial charge in [0.1, 0.15) is 0 Å². The van der Waals surface area contributed by atoms with Crippen LogP contribution in [-0.4, -0.2) is 13.1 Å². The zero-order valence-corrected chi connectivity index (χ0v) is 13.2. The van der Waals surface area contributed by atoms with Gasteiger partial charge in [-0.05, 0) is 47.9 Å². The maximum Gasteiger partial charge on any atom is 0.0887 e. The molecule has 1 rings (SSSR count). The monoisotopic (exact) mass is 323 g/mol. The number of nitrogens with one attached hydrogen (secondary N) is 1. The van der Waals surface area contributed by atoms with Gasteiger partial charge in [0.25, 0.3) is 0 Å². The highest BCUT2D eigenvalue weighted by molar-refractivity contribution is 9.11. The fourth-order valence-corrected chi connectivity index (χ4v) is 3.34. The highest BCUT2D eigenvalue weighted by Crippen LogP contribution is 2.39. The highest BCUT2D eigenvalue weighted by atomic mass is 79.9. The topological polar surface area (TPSA) is 12.0 Å². The second-order valence-electron chi connectivity index (χ2n) is 4.62. The lowest BCUT2D eigenvalue weighted by Crippen LogP contribution is -2.25. The highest BCUT2D eigenvalue weighted by Gasteiger charge is 2.23. The molecule has 0 radical (unpaired) electrons. The number of halogens is 2. The Morgan fingerprint density at radius 1 is 1.44 bits per heavy atom. The van der Waals surface area contributed by atoms with Crippen molar-refractivity contribution in [3.63, 3.8) is 0 Å². The second kappa shape index (κ2) is 6.39. The van der Waals surface area contributed by atoms with E-state index in [4.69, 9.17) is 11.6 Å². The fourth-order valence-electron chi connectivity index (χ4n) is 1.51. The van der Waals surface area contributed by atoms with Gasteiger partial charge in [0.2, 0.25) is 0 Å². The van der Waals surface area contributed by atoms with Crippen molar-refractivity contribution in [1.29, 1.82) is 0 Å². The van der Waals surface area contributed by atoms with Crippen molar-refractivity contribution in [2.24, 2.45) is 0 Å². The van der Waals surface area contributed by atoms with Gasteiger partial charge in [-0.25, -0.2) is 0 Å². The molecule has 0 aromatic carbocycles. The van der Waals surface area contributed by atoms with E-state index in [-0.39, 0.29) is 5.41 Å². The zero-order valence-electron chi connectivity index (χ0n) is 10.1. The minimum Gasteiger partial charge on any atom is -0.317 e. The van der Waals surface area contributed by atoms with E-state index in [2.05, 4.69) is 48.1 Å². The lowest BCUT2D eigenvalue weighted by atomic mass is 9.87. The molecule has 4 heteroatoms. The van der Waals surface area contributed by atoms with Crippen LogP contribution in [0.2, 0.25) is 5.02 Å². The Bertz CT molecular complexity index is 316. The van der Waals surface area contributed by atoms with Crippen molar-refractivity contribution in [2.75, 3.05) is 13.1 Å². The largest absolute Gasteiger partial charge is 0.317 e. The van der Waals surface area contributed by atoms with Gasteiger partial charge in [-0.15, -0.1) is 11.3 Å². The van der Waals surface area contributed by atoms with Crippen LogP contribution >= 0.6 is 38.9 Å². The van der Waals surface area contributed by atoms with Crippen molar-refractivity contribution in [3.8, 4) is 0 Å². The summed E-state index contributed by atoms with van der Waals surface area (Å²) in [5.41, 5.74) is 0.196. The Morgan fingerprint density at radius 2 is 2.12 bits per heavy atom. The van der Waals surface area contributed by atoms with Crippen molar-refractivity contribution in [2.45, 2.75) is 39.0 Å². The summed E-state index contributed by atoms with van der Waals surface area (Å²) >= 11 is 11.3. The smallest absolute Gasteiger partial charge is 0.0887 e. The third-order valence-corrected chi connectivity index (χ3v) is 5.51. The van der Waals surface area contributed by atoms with Crippen molar-refractivity contribution >= 4 is 38.9 Å². The third-order valence-electron chi connectivity index (χ3n) is 2.67. The molecule has 0 saturated heterocycles. The minimum atomic E-state index is 0.196. The summed E-state index contributed by atoms with van der Waals surface area (Å²) in [5, 5.41) is 4.27. The Balaban J connectivity index is 2.55. The first-order valence-electron chi connectivity index (χ1n) is 5.63. The Labute approximate surface area is 116 Å². The normalized spacial score (nSPS) is 12.1. The number of rotatable bonds is 6. The summed E-state index contributed by atoms with van der Waals surface area (Å²) in [4.78, 5) is 1.35. The molecule has 0 amide bonds. The van der Waals surface area contributed by atoms with Crippen LogP contribution in [0.15, 0.2) is 9.85 Å². The van der Waals surface area contributed by atoms with E-state index in [1.165, 1.54) is 11.3 Å². The molecule has 1 aromatic heterocycles. The Morgan fingerprint density at radius 3 is 2.62 bits per heavy atom. The van der Waals surface area contributed by atoms with Crippen molar-refractivity contribution in [3.05, 3.63) is 19.8 Å². The van der Waals surface area contributed by atoms with E-state index >= 15 is 0 Å². The van der Waals surface area contributed by atoms with Crippen LogP contribution in [0.4, 0.5) is 0 Å². The molecule has 1 N–H and O–H groups in total. The molecule has 0 spiro atoms. The van der Waals surface area contributed by atoms with Crippen LogP contribution in [0, 0.1) is 0 Å². The summed E-state index contributed by atoms with van der Waals surface area (Å²) < 4.78 is 1.04. The van der Waals surface area contributed by atoms with Gasteiger partial charge in [0.05, 0.1) is 8.81 Å². The molecule has 0 aliphatic carbocycles. The molecule has 0 atom stereocenters. The third kappa shape index (κ3) is 4.02. The summed E-state index contributed by atoms with van der Waals surface area (Å²) in [6.45, 7) is 8.90. The number of hydrogen-bond donors (Lipinski definition) is 1. The molecule has 1 nitrogen and oxygen atoms in total. The van der Waals surface area contributed by atoms with Gasteiger partial charge in [-0.3, -0.25) is 0 Å². The van der Waals surface area contributed by atoms with Crippen LogP contribution in [0.5, 0.6) is 0 Å². The Kier molecular flexibility index (Phi) is 5.78. The summed E-state index contributed by atoms with van der Waals surface area (Å²) in [7, 11) is 0. The first-order chi connectivity index (χ1) is 7.47. The van der Waals surface area contributed by atoms with Gasteiger partial charge in [-0.2, -0.15) is 0 Å². The summed E-state index contributed by atoms with van der Waals surface area (Å²) in [5.74, 6) is 0. The van der Waals surface area contributed by atoms with Crippen LogP contribution in [0.1, 0.15) is 38.5 Å². The van der Waals surface area contributed by atoms with Gasteiger partial charge >= 0.3 is 0 Å². The summed E-state index contributed by atoms with van der Waals surface area (Å²) in [6.07, 6.45) is 2.33. The minimum absolute atomic E-state index is 0.196. The average Bonchev–Trinajstić information content (AvgIpc) is 2.55. The first kappa shape index (κ1) is 14.5. The standard InChI is InChI=1S/C12H19BrClNS/c1-4-6-15-7-5-12(2,3)10-8-9(14)11(13)16-10/h8,15H,4-7H2,1-3H3. The van der Waals surface area contributed by atoms with Crippen LogP contribution in [0.3, 0.4) is 0 Å². The van der Waals surface area contributed by atoms with Gasteiger partial charge in [-0.1, -0.05) is 32.4 Å². The molecular weight excluding hydrogens is 306 g/mol. The molecule has 0 unspecified atom stereocenters. The fraction of sp³-hybridized carbons (Fsp3) is 0.667. The lowest BCUT2D eigenvalue weighted by Gasteiger charge is -2.23. The molecule has 1 heterocycles.